The van der Waals surface area contributed by atoms with E-state index in [4.69, 9.17) is 5.73 Å². The number of nitrogen functional groups attached to an aromatic ring is 1. The number of nitrogens with one attached hydrogen (secondary N) is 1. The van der Waals surface area contributed by atoms with E-state index in [1.165, 1.54) is 12.1 Å². The van der Waals surface area contributed by atoms with Gasteiger partial charge in [-0.3, -0.25) is 25.0 Å². The van der Waals surface area contributed by atoms with E-state index >= 15 is 0 Å². The van der Waals surface area contributed by atoms with Crippen LogP contribution in [0, 0.1) is 10.1 Å². The largest absolute Gasteiger partial charge is 0.398 e. The fraction of sp³-hybridized carbons (Fsp3) is 0.200. The quantitative estimate of drug-likeness (QED) is 0.459. The lowest BCUT2D eigenvalue weighted by Gasteiger charge is -2.05. The molecular formula is C10H11N3O4. The predicted octanol–water partition coefficient (Wildman–Crippen LogP) is 0.843. The van der Waals surface area contributed by atoms with Gasteiger partial charge in [-0.2, -0.15) is 0 Å². The van der Waals surface area contributed by atoms with Crippen LogP contribution in [-0.2, 0) is 4.79 Å². The maximum atomic E-state index is 11.6. The van der Waals surface area contributed by atoms with Crippen LogP contribution in [0.1, 0.15) is 23.7 Å². The molecule has 2 amide bonds. The molecule has 3 N–H and O–H groups in total. The Kier molecular flexibility index (Phi) is 3.76. The van der Waals surface area contributed by atoms with Gasteiger partial charge in [0.1, 0.15) is 0 Å². The van der Waals surface area contributed by atoms with Gasteiger partial charge >= 0.3 is 0 Å². The number of nitrogens with two attached hydrogens (primary N) is 1. The number of nitro benzene ring substituents is 1. The minimum Gasteiger partial charge on any atom is -0.398 e. The van der Waals surface area contributed by atoms with E-state index in [0.29, 0.717) is 0 Å². The molecule has 0 bridgehead atoms. The van der Waals surface area contributed by atoms with E-state index in [1.807, 2.05) is 0 Å². The van der Waals surface area contributed by atoms with Crippen molar-refractivity contribution in [3.63, 3.8) is 0 Å². The highest BCUT2D eigenvalue weighted by Crippen LogP contribution is 2.19. The summed E-state index contributed by atoms with van der Waals surface area (Å²) in [6.45, 7) is 1.58. The van der Waals surface area contributed by atoms with E-state index in [1.54, 1.807) is 6.92 Å². The topological polar surface area (TPSA) is 115 Å². The summed E-state index contributed by atoms with van der Waals surface area (Å²) in [5.74, 6) is -1.21. The highest BCUT2D eigenvalue weighted by atomic mass is 16.6. The first kappa shape index (κ1) is 12.6. The molecule has 0 aromatic heterocycles. The van der Waals surface area contributed by atoms with Crippen LogP contribution in [0.15, 0.2) is 18.2 Å². The summed E-state index contributed by atoms with van der Waals surface area (Å²) in [5, 5.41) is 12.6. The van der Waals surface area contributed by atoms with Crippen LogP contribution in [0.4, 0.5) is 11.4 Å². The number of benzene rings is 1. The van der Waals surface area contributed by atoms with Gasteiger partial charge in [0, 0.05) is 24.2 Å². The molecule has 1 rings (SSSR count). The molecule has 0 aliphatic carbocycles. The number of amides is 2. The first-order valence-corrected chi connectivity index (χ1v) is 4.83. The number of imide groups is 1. The van der Waals surface area contributed by atoms with Crippen molar-refractivity contribution >= 4 is 23.2 Å². The Hall–Kier alpha value is -2.44. The first-order chi connectivity index (χ1) is 7.95. The maximum Gasteiger partial charge on any atom is 0.270 e. The van der Waals surface area contributed by atoms with Gasteiger partial charge in [-0.15, -0.1) is 0 Å². The van der Waals surface area contributed by atoms with Crippen LogP contribution >= 0.6 is 0 Å². The molecule has 1 aromatic carbocycles. The molecular weight excluding hydrogens is 226 g/mol. The van der Waals surface area contributed by atoms with E-state index in [0.717, 1.165) is 6.07 Å². The summed E-state index contributed by atoms with van der Waals surface area (Å²) >= 11 is 0. The lowest BCUT2D eigenvalue weighted by atomic mass is 10.1. The number of anilines is 1. The molecule has 0 unspecified atom stereocenters. The summed E-state index contributed by atoms with van der Waals surface area (Å²) in [5.41, 5.74) is 5.25. The molecule has 0 aliphatic heterocycles. The molecule has 0 saturated carbocycles. The molecule has 0 spiro atoms. The van der Waals surface area contributed by atoms with Gasteiger partial charge in [-0.1, -0.05) is 6.92 Å². The molecule has 0 aliphatic rings. The lowest BCUT2D eigenvalue weighted by Crippen LogP contribution is -2.30. The predicted molar refractivity (Wildman–Crippen MR) is 60.3 cm³/mol. The fourth-order valence-corrected chi connectivity index (χ4v) is 1.14. The van der Waals surface area contributed by atoms with Crippen LogP contribution in [-0.4, -0.2) is 16.7 Å². The third-order valence-electron chi connectivity index (χ3n) is 2.07. The van der Waals surface area contributed by atoms with Crippen molar-refractivity contribution in [3.8, 4) is 0 Å². The molecule has 0 radical (unpaired) electrons. The summed E-state index contributed by atoms with van der Waals surface area (Å²) in [6, 6.07) is 3.48. The van der Waals surface area contributed by atoms with E-state index < -0.39 is 16.7 Å². The van der Waals surface area contributed by atoms with Crippen LogP contribution in [0.2, 0.25) is 0 Å². The van der Waals surface area contributed by atoms with Crippen LogP contribution in [0.25, 0.3) is 0 Å². The minimum atomic E-state index is -0.738. The Balaban J connectivity index is 3.04. The Labute approximate surface area is 96.8 Å². The zero-order chi connectivity index (χ0) is 13.0. The van der Waals surface area contributed by atoms with Crippen LogP contribution < -0.4 is 11.1 Å². The third kappa shape index (κ3) is 3.00. The smallest absolute Gasteiger partial charge is 0.270 e. The highest BCUT2D eigenvalue weighted by Gasteiger charge is 2.16. The van der Waals surface area contributed by atoms with Crippen molar-refractivity contribution in [2.75, 3.05) is 5.73 Å². The molecule has 1 aromatic rings. The molecule has 0 saturated heterocycles. The molecule has 7 heteroatoms. The summed E-state index contributed by atoms with van der Waals surface area (Å²) in [4.78, 5) is 32.5. The Morgan fingerprint density at radius 3 is 2.65 bits per heavy atom. The second-order valence-electron chi connectivity index (χ2n) is 3.26. The molecule has 17 heavy (non-hydrogen) atoms. The number of hydrogen-bond acceptors (Lipinski definition) is 5. The second-order valence-corrected chi connectivity index (χ2v) is 3.26. The van der Waals surface area contributed by atoms with Gasteiger partial charge in [0.25, 0.3) is 11.6 Å². The number of rotatable bonds is 3. The monoisotopic (exact) mass is 237 g/mol. The van der Waals surface area contributed by atoms with Gasteiger partial charge in [-0.25, -0.2) is 0 Å². The van der Waals surface area contributed by atoms with Crippen molar-refractivity contribution in [3.05, 3.63) is 33.9 Å². The average Bonchev–Trinajstić information content (AvgIpc) is 2.28. The molecule has 0 atom stereocenters. The van der Waals surface area contributed by atoms with Gasteiger partial charge in [0.2, 0.25) is 5.91 Å². The van der Waals surface area contributed by atoms with Crippen molar-refractivity contribution in [1.29, 1.82) is 0 Å². The number of carbonyl (C=O) groups excluding carboxylic acids is 2. The highest BCUT2D eigenvalue weighted by molar-refractivity contribution is 6.07. The zero-order valence-corrected chi connectivity index (χ0v) is 9.10. The Bertz CT molecular complexity index is 484. The Morgan fingerprint density at radius 2 is 2.12 bits per heavy atom. The first-order valence-electron chi connectivity index (χ1n) is 4.83. The lowest BCUT2D eigenvalue weighted by molar-refractivity contribution is -0.384. The minimum absolute atomic E-state index is 0.0806. The van der Waals surface area contributed by atoms with E-state index in [2.05, 4.69) is 5.32 Å². The molecule has 0 fully saturated rings. The molecule has 0 heterocycles. The van der Waals surface area contributed by atoms with Gasteiger partial charge in [-0.05, 0) is 6.07 Å². The van der Waals surface area contributed by atoms with Crippen molar-refractivity contribution in [2.45, 2.75) is 13.3 Å². The third-order valence-corrected chi connectivity index (χ3v) is 2.07. The standard InChI is InChI=1S/C10H11N3O4/c1-2-9(14)12-10(15)7-5-6(13(16)17)3-4-8(7)11/h3-5H,2,11H2,1H3,(H,12,14,15). The Morgan fingerprint density at radius 1 is 1.47 bits per heavy atom. The van der Waals surface area contributed by atoms with Gasteiger partial charge in [0.15, 0.2) is 0 Å². The van der Waals surface area contributed by atoms with Gasteiger partial charge in [0.05, 0.1) is 10.5 Å². The van der Waals surface area contributed by atoms with Crippen molar-refractivity contribution in [2.24, 2.45) is 0 Å². The van der Waals surface area contributed by atoms with Crippen molar-refractivity contribution in [1.82, 2.24) is 5.32 Å². The maximum absolute atomic E-state index is 11.6. The summed E-state index contributed by atoms with van der Waals surface area (Å²) < 4.78 is 0. The molecule has 90 valence electrons. The summed E-state index contributed by atoms with van der Waals surface area (Å²) in [6.07, 6.45) is 0.139. The average molecular weight is 237 g/mol. The van der Waals surface area contributed by atoms with Crippen LogP contribution in [0.5, 0.6) is 0 Å². The van der Waals surface area contributed by atoms with E-state index in [9.17, 15) is 19.7 Å². The normalized spacial score (nSPS) is 9.71. The number of carbonyl (C=O) groups is 2. The second kappa shape index (κ2) is 5.06. The number of hydrogen-bond donors (Lipinski definition) is 2. The van der Waals surface area contributed by atoms with E-state index in [-0.39, 0.29) is 23.4 Å². The number of non-ortho nitro benzene ring substituents is 1. The molecule has 7 nitrogen and oxygen atoms in total. The number of nitrogens with zero attached hydrogens (tertiary/aromatic N) is 1. The van der Waals surface area contributed by atoms with Gasteiger partial charge < -0.3 is 5.73 Å². The zero-order valence-electron chi connectivity index (χ0n) is 9.10. The van der Waals surface area contributed by atoms with Crippen LogP contribution in [0.3, 0.4) is 0 Å². The summed E-state index contributed by atoms with van der Waals surface area (Å²) in [7, 11) is 0. The fourth-order valence-electron chi connectivity index (χ4n) is 1.14. The number of nitro groups is 1. The SMILES string of the molecule is CCC(=O)NC(=O)c1cc([N+](=O)[O-])ccc1N. The van der Waals surface area contributed by atoms with Crippen molar-refractivity contribution < 1.29 is 14.5 Å².